The normalized spacial score (nSPS) is 22.0. The molecule has 0 N–H and O–H groups in total. The molecule has 1 saturated heterocycles. The standard InChI is InChI=1S/C19H15FN2O3/c1-10-7-11(2)9-14(8-10)22-18(23)15-16(21-25-17(15)19(22)24)12-3-5-13(20)6-4-12/h3-9,15,17H,1-2H3/t15-,17-/m0/s1. The number of oxime groups is 1. The molecule has 2 aromatic carbocycles. The summed E-state index contributed by atoms with van der Waals surface area (Å²) in [6.45, 7) is 3.81. The van der Waals surface area contributed by atoms with Gasteiger partial charge in [-0.2, -0.15) is 0 Å². The average Bonchev–Trinajstić information content (AvgIpc) is 3.08. The first-order chi connectivity index (χ1) is 12.0. The SMILES string of the molecule is Cc1cc(C)cc(N2C(=O)[C@H]3C(c4ccc(F)cc4)=NO[C@@H]3C2=O)c1. The molecule has 25 heavy (non-hydrogen) atoms. The van der Waals surface area contributed by atoms with Crippen LogP contribution in [0.3, 0.4) is 0 Å². The molecule has 2 aliphatic rings. The molecule has 5 nitrogen and oxygen atoms in total. The Hall–Kier alpha value is -3.02. The van der Waals surface area contributed by atoms with Gasteiger partial charge in [0.2, 0.25) is 12.0 Å². The third-order valence-electron chi connectivity index (χ3n) is 4.42. The van der Waals surface area contributed by atoms with Crippen LogP contribution in [0.1, 0.15) is 16.7 Å². The van der Waals surface area contributed by atoms with Gasteiger partial charge in [0.25, 0.3) is 5.91 Å². The highest BCUT2D eigenvalue weighted by atomic mass is 19.1. The fourth-order valence-corrected chi connectivity index (χ4v) is 3.37. The summed E-state index contributed by atoms with van der Waals surface area (Å²) in [5.74, 6) is -1.99. The molecule has 2 amide bonds. The summed E-state index contributed by atoms with van der Waals surface area (Å²) in [7, 11) is 0. The molecule has 2 atom stereocenters. The van der Waals surface area contributed by atoms with Gasteiger partial charge in [0.05, 0.1) is 5.69 Å². The lowest BCUT2D eigenvalue weighted by atomic mass is 9.94. The van der Waals surface area contributed by atoms with Crippen LogP contribution in [0, 0.1) is 25.6 Å². The summed E-state index contributed by atoms with van der Waals surface area (Å²) in [6.07, 6.45) is -0.964. The van der Waals surface area contributed by atoms with E-state index < -0.39 is 17.9 Å². The Balaban J connectivity index is 1.72. The van der Waals surface area contributed by atoms with E-state index in [1.54, 1.807) is 12.1 Å². The average molecular weight is 338 g/mol. The van der Waals surface area contributed by atoms with E-state index in [4.69, 9.17) is 4.84 Å². The minimum absolute atomic E-state index is 0.357. The number of rotatable bonds is 2. The molecule has 0 bridgehead atoms. The number of hydrogen-bond donors (Lipinski definition) is 0. The quantitative estimate of drug-likeness (QED) is 0.791. The number of amides is 2. The number of imide groups is 1. The maximum Gasteiger partial charge on any atom is 0.278 e. The van der Waals surface area contributed by atoms with E-state index in [2.05, 4.69) is 5.16 Å². The van der Waals surface area contributed by atoms with Gasteiger partial charge < -0.3 is 4.84 Å². The first kappa shape index (κ1) is 15.5. The van der Waals surface area contributed by atoms with Crippen molar-refractivity contribution in [1.29, 1.82) is 0 Å². The minimum atomic E-state index is -0.964. The van der Waals surface area contributed by atoms with Gasteiger partial charge in [-0.1, -0.05) is 23.4 Å². The molecule has 1 fully saturated rings. The first-order valence-electron chi connectivity index (χ1n) is 7.91. The highest BCUT2D eigenvalue weighted by Gasteiger charge is 2.56. The maximum atomic E-state index is 13.1. The van der Waals surface area contributed by atoms with Crippen LogP contribution in [0.15, 0.2) is 47.6 Å². The second kappa shape index (κ2) is 5.51. The Bertz CT molecular complexity index is 901. The number of anilines is 1. The Morgan fingerprint density at radius 3 is 2.28 bits per heavy atom. The van der Waals surface area contributed by atoms with Gasteiger partial charge in [-0.3, -0.25) is 9.59 Å². The fourth-order valence-electron chi connectivity index (χ4n) is 3.37. The summed E-state index contributed by atoms with van der Waals surface area (Å²) in [5, 5.41) is 3.91. The van der Waals surface area contributed by atoms with Gasteiger partial charge in [-0.15, -0.1) is 0 Å². The van der Waals surface area contributed by atoms with E-state index >= 15 is 0 Å². The minimum Gasteiger partial charge on any atom is -0.381 e. The van der Waals surface area contributed by atoms with Crippen LogP contribution in [0.5, 0.6) is 0 Å². The molecule has 126 valence electrons. The second-order valence-corrected chi connectivity index (χ2v) is 6.34. The van der Waals surface area contributed by atoms with E-state index in [1.165, 1.54) is 24.3 Å². The molecule has 0 spiro atoms. The number of carbonyl (C=O) groups excluding carboxylic acids is 2. The molecule has 2 aromatic rings. The van der Waals surface area contributed by atoms with Crippen molar-refractivity contribution in [2.24, 2.45) is 11.1 Å². The third kappa shape index (κ3) is 2.41. The molecule has 2 heterocycles. The lowest BCUT2D eigenvalue weighted by Gasteiger charge is -2.16. The molecule has 4 rings (SSSR count). The number of halogens is 1. The summed E-state index contributed by atoms with van der Waals surface area (Å²) in [4.78, 5) is 32.1. The molecule has 0 radical (unpaired) electrons. The molecular formula is C19H15FN2O3. The Morgan fingerprint density at radius 2 is 1.64 bits per heavy atom. The largest absolute Gasteiger partial charge is 0.381 e. The Morgan fingerprint density at radius 1 is 1.00 bits per heavy atom. The topological polar surface area (TPSA) is 59.0 Å². The highest BCUT2D eigenvalue weighted by molar-refractivity contribution is 6.32. The zero-order valence-electron chi connectivity index (χ0n) is 13.7. The summed E-state index contributed by atoms with van der Waals surface area (Å²) < 4.78 is 13.1. The highest BCUT2D eigenvalue weighted by Crippen LogP contribution is 2.35. The molecule has 0 saturated carbocycles. The van der Waals surface area contributed by atoms with Gasteiger partial charge in [0, 0.05) is 5.56 Å². The molecule has 6 heteroatoms. The molecule has 2 aliphatic heterocycles. The van der Waals surface area contributed by atoms with Crippen molar-refractivity contribution >= 4 is 23.2 Å². The lowest BCUT2D eigenvalue weighted by Crippen LogP contribution is -2.33. The van der Waals surface area contributed by atoms with Crippen LogP contribution in [-0.4, -0.2) is 23.6 Å². The maximum absolute atomic E-state index is 13.1. The predicted molar refractivity (Wildman–Crippen MR) is 89.7 cm³/mol. The number of hydrogen-bond acceptors (Lipinski definition) is 4. The van der Waals surface area contributed by atoms with Crippen LogP contribution in [0.4, 0.5) is 10.1 Å². The summed E-state index contributed by atoms with van der Waals surface area (Å²) >= 11 is 0. The van der Waals surface area contributed by atoms with Crippen LogP contribution >= 0.6 is 0 Å². The third-order valence-corrected chi connectivity index (χ3v) is 4.42. The van der Waals surface area contributed by atoms with Crippen LogP contribution in [-0.2, 0) is 14.4 Å². The van der Waals surface area contributed by atoms with Crippen molar-refractivity contribution in [3.05, 3.63) is 65.0 Å². The number of carbonyl (C=O) groups is 2. The van der Waals surface area contributed by atoms with E-state index in [0.717, 1.165) is 16.0 Å². The zero-order chi connectivity index (χ0) is 17.7. The van der Waals surface area contributed by atoms with Crippen molar-refractivity contribution in [1.82, 2.24) is 0 Å². The van der Waals surface area contributed by atoms with Gasteiger partial charge in [-0.25, -0.2) is 9.29 Å². The lowest BCUT2D eigenvalue weighted by molar-refractivity contribution is -0.126. The molecule has 0 unspecified atom stereocenters. The van der Waals surface area contributed by atoms with Crippen LogP contribution in [0.2, 0.25) is 0 Å². The fraction of sp³-hybridized carbons (Fsp3) is 0.211. The van der Waals surface area contributed by atoms with E-state index in [9.17, 15) is 14.0 Å². The van der Waals surface area contributed by atoms with Crippen molar-refractivity contribution in [3.8, 4) is 0 Å². The van der Waals surface area contributed by atoms with Crippen molar-refractivity contribution in [2.75, 3.05) is 4.90 Å². The van der Waals surface area contributed by atoms with Crippen molar-refractivity contribution in [3.63, 3.8) is 0 Å². The second-order valence-electron chi connectivity index (χ2n) is 6.34. The molecule has 0 aromatic heterocycles. The van der Waals surface area contributed by atoms with Gasteiger partial charge in [-0.05, 0) is 49.2 Å². The van der Waals surface area contributed by atoms with Crippen molar-refractivity contribution < 1.29 is 18.8 Å². The Labute approximate surface area is 143 Å². The van der Waals surface area contributed by atoms with Crippen molar-refractivity contribution in [2.45, 2.75) is 20.0 Å². The number of benzene rings is 2. The molecule has 0 aliphatic carbocycles. The zero-order valence-corrected chi connectivity index (χ0v) is 13.7. The monoisotopic (exact) mass is 338 g/mol. The van der Waals surface area contributed by atoms with E-state index in [0.29, 0.717) is 17.0 Å². The number of nitrogens with zero attached hydrogens (tertiary/aromatic N) is 2. The summed E-state index contributed by atoms with van der Waals surface area (Å²) in [6, 6.07) is 11.2. The summed E-state index contributed by atoms with van der Waals surface area (Å²) in [5.41, 5.74) is 3.37. The van der Waals surface area contributed by atoms with Gasteiger partial charge >= 0.3 is 0 Å². The van der Waals surface area contributed by atoms with E-state index in [-0.39, 0.29) is 11.7 Å². The van der Waals surface area contributed by atoms with E-state index in [1.807, 2.05) is 19.9 Å². The number of aryl methyl sites for hydroxylation is 2. The van der Waals surface area contributed by atoms with Crippen LogP contribution in [0.25, 0.3) is 0 Å². The molecular weight excluding hydrogens is 323 g/mol. The predicted octanol–water partition coefficient (Wildman–Crippen LogP) is 2.74. The number of fused-ring (bicyclic) bond motifs is 1. The smallest absolute Gasteiger partial charge is 0.278 e. The van der Waals surface area contributed by atoms with Gasteiger partial charge in [0.1, 0.15) is 17.4 Å². The Kier molecular flexibility index (Phi) is 3.42. The van der Waals surface area contributed by atoms with Gasteiger partial charge in [0.15, 0.2) is 0 Å². The first-order valence-corrected chi connectivity index (χ1v) is 7.91. The van der Waals surface area contributed by atoms with Crippen LogP contribution < -0.4 is 4.90 Å².